The van der Waals surface area contributed by atoms with Crippen LogP contribution in [0.1, 0.15) is 59.6 Å². The molecule has 3 aromatic heterocycles. The smallest absolute Gasteiger partial charge is 0.274 e. The first-order chi connectivity index (χ1) is 18.6. The Kier molecular flexibility index (Phi) is 7.22. The Bertz CT molecular complexity index is 1500. The monoisotopic (exact) mass is 535 g/mol. The molecule has 0 radical (unpaired) electrons. The summed E-state index contributed by atoms with van der Waals surface area (Å²) in [6.45, 7) is 5.42. The second-order valence-corrected chi connectivity index (χ2v) is 10.2. The van der Waals surface area contributed by atoms with Crippen molar-refractivity contribution in [2.24, 2.45) is 11.7 Å². The van der Waals surface area contributed by atoms with Crippen LogP contribution in [-0.2, 0) is 0 Å². The molecule has 5 rings (SSSR count). The van der Waals surface area contributed by atoms with Gasteiger partial charge in [0.15, 0.2) is 0 Å². The molecule has 7 nitrogen and oxygen atoms in total. The number of nitrogens with one attached hydrogen (secondary N) is 1. The Labute approximate surface area is 223 Å². The summed E-state index contributed by atoms with van der Waals surface area (Å²) in [5.74, 6) is -2.74. The van der Waals surface area contributed by atoms with Crippen molar-refractivity contribution in [2.45, 2.75) is 52.0 Å². The number of nitrogens with two attached hydrogens (primary N) is 1. The molecule has 10 heteroatoms. The van der Waals surface area contributed by atoms with Crippen LogP contribution in [-0.4, -0.2) is 27.1 Å². The molecule has 1 amide bonds. The Balaban J connectivity index is 1.46. The van der Waals surface area contributed by atoms with Gasteiger partial charge in [0.1, 0.15) is 34.6 Å². The van der Waals surface area contributed by atoms with Crippen LogP contribution in [0.3, 0.4) is 0 Å². The van der Waals surface area contributed by atoms with E-state index in [-0.39, 0.29) is 23.2 Å². The molecular formula is C29H28F3N5O2. The molecule has 4 aromatic rings. The van der Waals surface area contributed by atoms with Crippen LogP contribution in [0, 0.1) is 37.2 Å². The molecule has 0 bridgehead atoms. The molecule has 3 atom stereocenters. The van der Waals surface area contributed by atoms with E-state index in [9.17, 15) is 9.18 Å². The quantitative estimate of drug-likeness (QED) is 0.310. The molecule has 3 N–H and O–H groups in total. The number of nitrogens with zero attached hydrogens (tertiary/aromatic N) is 3. The van der Waals surface area contributed by atoms with Gasteiger partial charge in [-0.3, -0.25) is 9.78 Å². The van der Waals surface area contributed by atoms with Gasteiger partial charge in [-0.2, -0.15) is 0 Å². The lowest BCUT2D eigenvalue weighted by Gasteiger charge is -2.32. The molecule has 1 aliphatic rings. The Morgan fingerprint density at radius 2 is 1.77 bits per heavy atom. The minimum absolute atomic E-state index is 0.0607. The van der Waals surface area contributed by atoms with Crippen molar-refractivity contribution in [3.05, 3.63) is 82.9 Å². The third-order valence-electron chi connectivity index (χ3n) is 7.20. The van der Waals surface area contributed by atoms with E-state index < -0.39 is 34.6 Å². The van der Waals surface area contributed by atoms with E-state index in [0.717, 1.165) is 49.1 Å². The first-order valence-corrected chi connectivity index (χ1v) is 12.7. The molecule has 1 fully saturated rings. The average molecular weight is 536 g/mol. The van der Waals surface area contributed by atoms with E-state index in [2.05, 4.69) is 27.4 Å². The summed E-state index contributed by atoms with van der Waals surface area (Å²) in [7, 11) is 0. The number of halogens is 3. The molecule has 1 saturated carbocycles. The van der Waals surface area contributed by atoms with Crippen LogP contribution in [0.15, 0.2) is 47.2 Å². The number of aryl methyl sites for hydroxylation is 2. The van der Waals surface area contributed by atoms with Crippen molar-refractivity contribution in [1.29, 1.82) is 0 Å². The van der Waals surface area contributed by atoms with Crippen LogP contribution in [0.25, 0.3) is 22.4 Å². The topological polar surface area (TPSA) is 107 Å². The molecule has 1 aromatic carbocycles. The van der Waals surface area contributed by atoms with Crippen LogP contribution < -0.4 is 11.1 Å². The third-order valence-corrected chi connectivity index (χ3v) is 7.20. The van der Waals surface area contributed by atoms with Crippen molar-refractivity contribution < 1.29 is 22.5 Å². The standard InChI is InChI=1S/C29H28F3N5O2/c1-14-8-17(10-19(33)9-14)20-6-7-34-13-25(20)36-29(38)24-5-4-21(30)28(35-24)27-22(31)11-18(12-23(27)32)26-15(2)37-39-16(26)3/h4-7,11-14,17,19H,8-10,33H2,1-3H3,(H,36,38)/t14-,17+,19-/m0/s1. The van der Waals surface area contributed by atoms with E-state index in [1.807, 2.05) is 6.07 Å². The van der Waals surface area contributed by atoms with Crippen molar-refractivity contribution >= 4 is 11.6 Å². The Hall–Kier alpha value is -4.05. The highest BCUT2D eigenvalue weighted by Gasteiger charge is 2.28. The fourth-order valence-corrected chi connectivity index (χ4v) is 5.55. The van der Waals surface area contributed by atoms with Crippen LogP contribution >= 0.6 is 0 Å². The summed E-state index contributed by atoms with van der Waals surface area (Å²) in [6, 6.07) is 6.17. The van der Waals surface area contributed by atoms with Crippen molar-refractivity contribution in [1.82, 2.24) is 15.1 Å². The predicted octanol–water partition coefficient (Wildman–Crippen LogP) is 6.32. The highest BCUT2D eigenvalue weighted by molar-refractivity contribution is 6.03. The zero-order chi connectivity index (χ0) is 27.8. The number of carbonyl (C=O) groups is 1. The van der Waals surface area contributed by atoms with Crippen molar-refractivity contribution in [2.75, 3.05) is 5.32 Å². The maximum atomic E-state index is 15.2. The summed E-state index contributed by atoms with van der Waals surface area (Å²) in [4.78, 5) is 21.3. The molecule has 1 aliphatic carbocycles. The number of anilines is 1. The van der Waals surface area contributed by atoms with E-state index in [1.165, 1.54) is 6.20 Å². The van der Waals surface area contributed by atoms with Gasteiger partial charge < -0.3 is 15.6 Å². The van der Waals surface area contributed by atoms with E-state index in [0.29, 0.717) is 28.6 Å². The number of benzene rings is 1. The van der Waals surface area contributed by atoms with Gasteiger partial charge in [0.25, 0.3) is 5.91 Å². The Morgan fingerprint density at radius 3 is 2.44 bits per heavy atom. The van der Waals surface area contributed by atoms with Gasteiger partial charge >= 0.3 is 0 Å². The van der Waals surface area contributed by atoms with E-state index in [1.54, 1.807) is 20.0 Å². The molecular weight excluding hydrogens is 507 g/mol. The molecule has 39 heavy (non-hydrogen) atoms. The fourth-order valence-electron chi connectivity index (χ4n) is 5.55. The largest absolute Gasteiger partial charge is 0.361 e. The number of pyridine rings is 2. The predicted molar refractivity (Wildman–Crippen MR) is 140 cm³/mol. The lowest BCUT2D eigenvalue weighted by Crippen LogP contribution is -2.31. The molecule has 0 aliphatic heterocycles. The first-order valence-electron chi connectivity index (χ1n) is 12.7. The average Bonchev–Trinajstić information content (AvgIpc) is 3.22. The number of carbonyl (C=O) groups excluding carboxylic acids is 1. The highest BCUT2D eigenvalue weighted by atomic mass is 19.1. The number of aromatic nitrogens is 3. The van der Waals surface area contributed by atoms with Gasteiger partial charge in [-0.25, -0.2) is 18.2 Å². The van der Waals surface area contributed by atoms with Crippen molar-refractivity contribution in [3.63, 3.8) is 0 Å². The molecule has 0 unspecified atom stereocenters. The molecule has 202 valence electrons. The maximum absolute atomic E-state index is 15.2. The summed E-state index contributed by atoms with van der Waals surface area (Å²) < 4.78 is 50.3. The van der Waals surface area contributed by atoms with E-state index in [4.69, 9.17) is 10.3 Å². The van der Waals surface area contributed by atoms with Gasteiger partial charge in [-0.05, 0) is 86.4 Å². The Morgan fingerprint density at radius 1 is 1.03 bits per heavy atom. The fraction of sp³-hybridized carbons (Fsp3) is 0.310. The number of amides is 1. The lowest BCUT2D eigenvalue weighted by atomic mass is 9.76. The normalized spacial score (nSPS) is 19.2. The van der Waals surface area contributed by atoms with Crippen molar-refractivity contribution in [3.8, 4) is 22.4 Å². The van der Waals surface area contributed by atoms with Gasteiger partial charge in [-0.1, -0.05) is 12.1 Å². The zero-order valence-electron chi connectivity index (χ0n) is 21.8. The second kappa shape index (κ2) is 10.6. The van der Waals surface area contributed by atoms with E-state index >= 15 is 8.78 Å². The summed E-state index contributed by atoms with van der Waals surface area (Å²) in [5.41, 5.74) is 7.24. The van der Waals surface area contributed by atoms with Gasteiger partial charge in [0.05, 0.1) is 23.1 Å². The third kappa shape index (κ3) is 5.29. The minimum Gasteiger partial charge on any atom is -0.361 e. The maximum Gasteiger partial charge on any atom is 0.274 e. The molecule has 0 saturated heterocycles. The molecule has 3 heterocycles. The first kappa shape index (κ1) is 26.6. The summed E-state index contributed by atoms with van der Waals surface area (Å²) in [6.07, 6.45) is 5.83. The van der Waals surface area contributed by atoms with Gasteiger partial charge in [0.2, 0.25) is 0 Å². The van der Waals surface area contributed by atoms with Crippen LogP contribution in [0.2, 0.25) is 0 Å². The molecule has 0 spiro atoms. The summed E-state index contributed by atoms with van der Waals surface area (Å²) >= 11 is 0. The minimum atomic E-state index is -1.04. The van der Waals surface area contributed by atoms with Crippen LogP contribution in [0.4, 0.5) is 18.9 Å². The van der Waals surface area contributed by atoms with Gasteiger partial charge in [-0.15, -0.1) is 0 Å². The second-order valence-electron chi connectivity index (χ2n) is 10.2. The number of hydrogen-bond donors (Lipinski definition) is 2. The highest BCUT2D eigenvalue weighted by Crippen LogP contribution is 2.39. The SMILES string of the molecule is Cc1noc(C)c1-c1cc(F)c(-c2nc(C(=O)Nc3cnccc3[C@@H]3C[C@H](C)C[C@H](N)C3)ccc2F)c(F)c1. The number of rotatable bonds is 5. The number of hydrogen-bond acceptors (Lipinski definition) is 6. The zero-order valence-corrected chi connectivity index (χ0v) is 21.8. The lowest BCUT2D eigenvalue weighted by molar-refractivity contribution is 0.102. The summed E-state index contributed by atoms with van der Waals surface area (Å²) in [5, 5.41) is 6.60. The van der Waals surface area contributed by atoms with Crippen LogP contribution in [0.5, 0.6) is 0 Å². The van der Waals surface area contributed by atoms with Gasteiger partial charge in [0, 0.05) is 17.8 Å².